The number of imidazole rings is 1. The molecule has 3 heterocycles. The van der Waals surface area contributed by atoms with Gasteiger partial charge in [0, 0.05) is 50.4 Å². The van der Waals surface area contributed by atoms with Crippen LogP contribution in [0.4, 0.5) is 0 Å². The van der Waals surface area contributed by atoms with Crippen LogP contribution in [0, 0.1) is 25.8 Å². The second-order valence-electron chi connectivity index (χ2n) is 16.0. The van der Waals surface area contributed by atoms with Gasteiger partial charge in [0.1, 0.15) is 0 Å². The third kappa shape index (κ3) is 8.56. The molecule has 0 aliphatic heterocycles. The van der Waals surface area contributed by atoms with E-state index in [2.05, 4.69) is 65.6 Å². The van der Waals surface area contributed by atoms with Crippen LogP contribution >= 0.6 is 11.3 Å². The summed E-state index contributed by atoms with van der Waals surface area (Å²) in [4.78, 5) is 9.57. The Labute approximate surface area is 382 Å². The number of pyridine rings is 1. The second-order valence-corrected chi connectivity index (χ2v) is 22.1. The number of rotatable bonds is 7. The van der Waals surface area contributed by atoms with Gasteiger partial charge in [-0.1, -0.05) is 132 Å². The van der Waals surface area contributed by atoms with Crippen molar-refractivity contribution in [2.75, 3.05) is 0 Å². The Hall–Kier alpha value is -4.97. The van der Waals surface area contributed by atoms with Crippen molar-refractivity contribution < 1.29 is 33.8 Å². The largest absolute Gasteiger partial charge is 0.333 e. The van der Waals surface area contributed by atoms with E-state index in [0.717, 1.165) is 64.7 Å². The van der Waals surface area contributed by atoms with Crippen molar-refractivity contribution in [3.8, 4) is 39.5 Å². The maximum absolute atomic E-state index is 9.39. The maximum atomic E-state index is 9.39. The summed E-state index contributed by atoms with van der Waals surface area (Å²) in [5.74, 6) is -1.36. The molecule has 9 rings (SSSR count). The van der Waals surface area contributed by atoms with Crippen LogP contribution in [0.2, 0.25) is 19.6 Å². The monoisotopic (exact) mass is 992 g/mol. The van der Waals surface area contributed by atoms with Gasteiger partial charge in [-0.3, -0.25) is 4.98 Å². The third-order valence-electron chi connectivity index (χ3n) is 10.3. The quantitative estimate of drug-likeness (QED) is 0.118. The molecule has 0 saturated heterocycles. The van der Waals surface area contributed by atoms with Gasteiger partial charge in [0.2, 0.25) is 0 Å². The van der Waals surface area contributed by atoms with Crippen LogP contribution in [-0.4, -0.2) is 22.6 Å². The minimum atomic E-state index is -2.47. The molecule has 0 aliphatic rings. The molecule has 3 aromatic heterocycles. The van der Waals surface area contributed by atoms with E-state index in [0.29, 0.717) is 22.6 Å². The fourth-order valence-electron chi connectivity index (χ4n) is 7.24. The summed E-state index contributed by atoms with van der Waals surface area (Å²) >= 11 is 1.54. The molecule has 0 saturated carbocycles. The van der Waals surface area contributed by atoms with E-state index < -0.39 is 33.6 Å². The van der Waals surface area contributed by atoms with Crippen LogP contribution in [0.25, 0.3) is 70.7 Å². The number of nitrogens with zero attached hydrogens (tertiary/aromatic N) is 3. The molecule has 1 radical (unpaired) electrons. The second kappa shape index (κ2) is 17.3. The average Bonchev–Trinajstić information content (AvgIpc) is 3.83. The van der Waals surface area contributed by atoms with Gasteiger partial charge in [0.25, 0.3) is 0 Å². The first-order valence-electron chi connectivity index (χ1n) is 24.3. The first kappa shape index (κ1) is 31.0. The minimum absolute atomic E-state index is 0. The molecule has 0 unspecified atom stereocenters. The number of aryl methyl sites for hydroxylation is 1. The number of para-hydroxylation sites is 2. The minimum Gasteiger partial charge on any atom is -0.333 e. The number of aromatic nitrogens is 3. The average molecular weight is 992 g/mol. The van der Waals surface area contributed by atoms with Crippen molar-refractivity contribution in [2.45, 2.75) is 72.8 Å². The fourth-order valence-corrected chi connectivity index (χ4v) is 9.51. The van der Waals surface area contributed by atoms with Crippen LogP contribution in [0.1, 0.15) is 75.4 Å². The Morgan fingerprint density at radius 2 is 1.49 bits per heavy atom. The van der Waals surface area contributed by atoms with Crippen LogP contribution in [0.15, 0.2) is 134 Å². The van der Waals surface area contributed by atoms with Gasteiger partial charge in [-0.15, -0.1) is 53.5 Å². The van der Waals surface area contributed by atoms with Crippen LogP contribution in [0.5, 0.6) is 0 Å². The van der Waals surface area contributed by atoms with E-state index in [1.807, 2.05) is 107 Å². The zero-order valence-electron chi connectivity index (χ0n) is 44.1. The molecule has 0 atom stereocenters. The van der Waals surface area contributed by atoms with Gasteiger partial charge in [0.15, 0.2) is 0 Å². The van der Waals surface area contributed by atoms with Crippen LogP contribution < -0.4 is 5.19 Å². The van der Waals surface area contributed by atoms with Gasteiger partial charge in [-0.05, 0) is 97.8 Å². The Morgan fingerprint density at radius 1 is 0.763 bits per heavy atom. The molecular formula is C53H51IrN3SSi-2. The Bertz CT molecular complexity index is 3280. The molecule has 0 amide bonds. The van der Waals surface area contributed by atoms with E-state index >= 15 is 0 Å². The summed E-state index contributed by atoms with van der Waals surface area (Å²) in [6.45, 7) is 9.57. The SMILES string of the molecule is [2H]C([2H])([2H])c1ccc2c(c1)sc1c(-c3nc4ccccc4n3-c3c(C([2H])(C)C)cc(-c4ccccc4)cc3C([2H])(C)C)[c-]ccc12.[2H]c1[c-]c(-c2ccc([Si](C)(C)C)cn2)cc([2H])c1C([2H])([2H])[2H].[Ir]. The molecule has 0 bridgehead atoms. The molecule has 59 heavy (non-hydrogen) atoms. The van der Waals surface area contributed by atoms with Crippen LogP contribution in [0.3, 0.4) is 0 Å². The Kier molecular flexibility index (Phi) is 9.10. The molecular weight excluding hydrogens is 931 g/mol. The predicted molar refractivity (Wildman–Crippen MR) is 253 cm³/mol. The summed E-state index contributed by atoms with van der Waals surface area (Å²) < 4.78 is 84.5. The number of thiophene rings is 1. The summed E-state index contributed by atoms with van der Waals surface area (Å²) in [5, 5.41) is 3.21. The summed E-state index contributed by atoms with van der Waals surface area (Å²) in [6, 6.07) is 42.6. The summed E-state index contributed by atoms with van der Waals surface area (Å²) in [6.07, 6.45) is 1.82. The smallest absolute Gasteiger partial charge is 0.0795 e. The maximum Gasteiger partial charge on any atom is 0.0795 e. The molecule has 3 nitrogen and oxygen atoms in total. The number of hydrogen-bond donors (Lipinski definition) is 0. The van der Waals surface area contributed by atoms with E-state index in [-0.39, 0.29) is 37.8 Å². The van der Waals surface area contributed by atoms with Crippen molar-refractivity contribution in [3.63, 3.8) is 0 Å². The van der Waals surface area contributed by atoms with Crippen molar-refractivity contribution in [3.05, 3.63) is 168 Å². The number of benzene rings is 6. The van der Waals surface area contributed by atoms with Gasteiger partial charge in [-0.25, -0.2) is 0 Å². The first-order chi connectivity index (χ1) is 31.7. The molecule has 0 fully saturated rings. The van der Waals surface area contributed by atoms with Crippen molar-refractivity contribution in [2.24, 2.45) is 0 Å². The van der Waals surface area contributed by atoms with Gasteiger partial charge < -0.3 is 9.55 Å². The zero-order valence-corrected chi connectivity index (χ0v) is 38.3. The van der Waals surface area contributed by atoms with E-state index in [1.165, 1.54) is 22.6 Å². The standard InChI is InChI=1S/C38H33N2S.C15H18NSi.Ir/c1-23(2)31-21-27(26-12-7-6-8-13-26)22-32(24(3)4)36(31)40-34-17-10-9-16-33(34)39-38(40)30-15-11-14-29-28-19-18-25(5)20-35(28)41-37(29)30;1-12-5-7-13(8-6-12)15-10-9-14(11-16-15)17(2,3)4;/h6-14,16-24H,1-5H3;5-7,9-11H,1-4H3;/q2*-1;/i5D3,23D,24D;1D3,5D,6D;. The van der Waals surface area contributed by atoms with E-state index in [9.17, 15) is 2.74 Å². The molecule has 9 aromatic rings. The van der Waals surface area contributed by atoms with Crippen molar-refractivity contribution in [1.29, 1.82) is 0 Å². The number of fused-ring (bicyclic) bond motifs is 4. The Balaban J connectivity index is 0.000000258. The summed E-state index contributed by atoms with van der Waals surface area (Å²) in [7, 11) is -1.43. The number of hydrogen-bond acceptors (Lipinski definition) is 3. The molecule has 0 spiro atoms. The molecule has 0 N–H and O–H groups in total. The normalized spacial score (nSPS) is 14.9. The fraction of sp³-hybridized carbons (Fsp3) is 0.208. The van der Waals surface area contributed by atoms with Gasteiger partial charge in [-0.2, -0.15) is 11.3 Å². The van der Waals surface area contributed by atoms with E-state index in [4.69, 9.17) is 16.0 Å². The zero-order chi connectivity index (χ0) is 49.3. The first-order valence-corrected chi connectivity index (χ1v) is 23.6. The Morgan fingerprint density at radius 3 is 2.15 bits per heavy atom. The molecule has 6 heteroatoms. The molecule has 0 aliphatic carbocycles. The van der Waals surface area contributed by atoms with E-state index in [1.54, 1.807) is 12.1 Å². The van der Waals surface area contributed by atoms with Crippen LogP contribution in [-0.2, 0) is 20.1 Å². The molecule has 299 valence electrons. The predicted octanol–water partition coefficient (Wildman–Crippen LogP) is 14.5. The topological polar surface area (TPSA) is 30.7 Å². The van der Waals surface area contributed by atoms with Crippen molar-refractivity contribution in [1.82, 2.24) is 14.5 Å². The van der Waals surface area contributed by atoms with Gasteiger partial charge >= 0.3 is 0 Å². The molecule has 6 aromatic carbocycles. The third-order valence-corrected chi connectivity index (χ3v) is 13.5. The van der Waals surface area contributed by atoms with Gasteiger partial charge in [0.05, 0.1) is 24.9 Å². The summed E-state index contributed by atoms with van der Waals surface area (Å²) in [5.41, 5.74) is 7.93. The van der Waals surface area contributed by atoms with Crippen molar-refractivity contribution >= 4 is 55.8 Å².